The van der Waals surface area contributed by atoms with Crippen molar-refractivity contribution in [2.75, 3.05) is 26.2 Å². The Balaban J connectivity index is 1.75. The highest BCUT2D eigenvalue weighted by Crippen LogP contribution is 2.33. The van der Waals surface area contributed by atoms with Crippen LogP contribution in [0.4, 0.5) is 4.39 Å². The molecule has 2 aliphatic heterocycles. The van der Waals surface area contributed by atoms with Crippen molar-refractivity contribution in [3.8, 4) is 0 Å². The maximum Gasteiger partial charge on any atom is 0.141 e. The van der Waals surface area contributed by atoms with Gasteiger partial charge >= 0.3 is 0 Å². The molecule has 3 atom stereocenters. The molecule has 2 aliphatic rings. The molecule has 1 unspecified atom stereocenters. The fourth-order valence-electron chi connectivity index (χ4n) is 3.38. The lowest BCUT2D eigenvalue weighted by Crippen LogP contribution is -2.30. The summed E-state index contributed by atoms with van der Waals surface area (Å²) >= 11 is 0. The average Bonchev–Trinajstić information content (AvgIpc) is 2.93. The molecule has 0 saturated carbocycles. The predicted molar refractivity (Wildman–Crippen MR) is 68.6 cm³/mol. The third-order valence-electron chi connectivity index (χ3n) is 4.34. The van der Waals surface area contributed by atoms with Gasteiger partial charge in [0.15, 0.2) is 0 Å². The van der Waals surface area contributed by atoms with Crippen LogP contribution in [0.2, 0.25) is 0 Å². The summed E-state index contributed by atoms with van der Waals surface area (Å²) in [6, 6.07) is 3.69. The molecule has 4 heteroatoms. The Morgan fingerprint density at radius 3 is 2.67 bits per heavy atom. The molecule has 18 heavy (non-hydrogen) atoms. The van der Waals surface area contributed by atoms with Crippen molar-refractivity contribution in [2.24, 2.45) is 11.8 Å². The molecule has 0 aromatic carbocycles. The number of nitrogens with one attached hydrogen (secondary N) is 1. The van der Waals surface area contributed by atoms with Gasteiger partial charge in [-0.05, 0) is 43.5 Å². The summed E-state index contributed by atoms with van der Waals surface area (Å²) in [7, 11) is 0. The molecule has 0 aliphatic carbocycles. The summed E-state index contributed by atoms with van der Waals surface area (Å²) in [4.78, 5) is 6.78. The summed E-state index contributed by atoms with van der Waals surface area (Å²) in [5, 5.41) is 3.46. The minimum Gasteiger partial charge on any atom is -0.316 e. The van der Waals surface area contributed by atoms with E-state index in [2.05, 4.69) is 22.1 Å². The Bertz CT molecular complexity index is 394. The Labute approximate surface area is 107 Å². The first-order valence-electron chi connectivity index (χ1n) is 6.84. The molecule has 3 rings (SSSR count). The molecule has 3 heterocycles. The van der Waals surface area contributed by atoms with Gasteiger partial charge < -0.3 is 5.32 Å². The van der Waals surface area contributed by atoms with Crippen LogP contribution in [-0.4, -0.2) is 36.1 Å². The fourth-order valence-corrected chi connectivity index (χ4v) is 3.38. The van der Waals surface area contributed by atoms with Crippen molar-refractivity contribution in [2.45, 2.75) is 19.4 Å². The number of likely N-dealkylation sites (tertiary alicyclic amines) is 1. The predicted octanol–water partition coefficient (Wildman–Crippen LogP) is 1.82. The normalized spacial score (nSPS) is 29.4. The van der Waals surface area contributed by atoms with Gasteiger partial charge in [-0.2, -0.15) is 0 Å². The summed E-state index contributed by atoms with van der Waals surface area (Å²) in [5.41, 5.74) is 1.01. The third kappa shape index (κ3) is 2.15. The molecule has 1 N–H and O–H groups in total. The van der Waals surface area contributed by atoms with E-state index in [0.29, 0.717) is 6.04 Å². The monoisotopic (exact) mass is 249 g/mol. The number of hydrogen-bond acceptors (Lipinski definition) is 3. The molecule has 0 amide bonds. The van der Waals surface area contributed by atoms with Gasteiger partial charge in [0.1, 0.15) is 5.82 Å². The van der Waals surface area contributed by atoms with E-state index in [4.69, 9.17) is 0 Å². The molecule has 2 fully saturated rings. The molecule has 1 aromatic heterocycles. The molecule has 98 valence electrons. The molecular formula is C14H20FN3. The number of hydrogen-bond donors (Lipinski definition) is 1. The van der Waals surface area contributed by atoms with Crippen LogP contribution >= 0.6 is 0 Å². The Morgan fingerprint density at radius 2 is 2.11 bits per heavy atom. The minimum absolute atomic E-state index is 0.254. The van der Waals surface area contributed by atoms with Crippen LogP contribution in [0.3, 0.4) is 0 Å². The number of rotatable bonds is 3. The van der Waals surface area contributed by atoms with Crippen LogP contribution in [0.25, 0.3) is 0 Å². The van der Waals surface area contributed by atoms with Crippen molar-refractivity contribution in [1.29, 1.82) is 0 Å². The average molecular weight is 249 g/mol. The van der Waals surface area contributed by atoms with E-state index < -0.39 is 0 Å². The Kier molecular flexibility index (Phi) is 3.31. The van der Waals surface area contributed by atoms with Crippen molar-refractivity contribution in [3.05, 3.63) is 29.8 Å². The van der Waals surface area contributed by atoms with Crippen LogP contribution in [0.15, 0.2) is 18.3 Å². The zero-order valence-corrected chi connectivity index (χ0v) is 10.8. The van der Waals surface area contributed by atoms with E-state index in [1.165, 1.54) is 12.3 Å². The maximum atomic E-state index is 12.9. The fraction of sp³-hybridized carbons (Fsp3) is 0.643. The van der Waals surface area contributed by atoms with Crippen molar-refractivity contribution in [3.63, 3.8) is 0 Å². The van der Waals surface area contributed by atoms with Gasteiger partial charge in [-0.1, -0.05) is 6.92 Å². The first-order valence-corrected chi connectivity index (χ1v) is 6.84. The number of aromatic nitrogens is 1. The van der Waals surface area contributed by atoms with E-state index in [1.54, 1.807) is 0 Å². The molecule has 0 bridgehead atoms. The molecule has 1 aromatic rings. The van der Waals surface area contributed by atoms with Gasteiger partial charge in [0.2, 0.25) is 0 Å². The quantitative estimate of drug-likeness (QED) is 0.885. The van der Waals surface area contributed by atoms with Crippen LogP contribution in [0, 0.1) is 17.7 Å². The third-order valence-corrected chi connectivity index (χ3v) is 4.34. The second-order valence-electron chi connectivity index (χ2n) is 5.46. The smallest absolute Gasteiger partial charge is 0.141 e. The number of fused-ring (bicyclic) bond motifs is 1. The lowest BCUT2D eigenvalue weighted by molar-refractivity contribution is 0.218. The van der Waals surface area contributed by atoms with Gasteiger partial charge in [0.25, 0.3) is 0 Å². The summed E-state index contributed by atoms with van der Waals surface area (Å²) in [6.45, 7) is 6.77. The second kappa shape index (κ2) is 4.94. The Hall–Kier alpha value is -1.00. The lowest BCUT2D eigenvalue weighted by atomic mass is 10.0. The lowest BCUT2D eigenvalue weighted by Gasteiger charge is -2.27. The van der Waals surface area contributed by atoms with E-state index in [0.717, 1.165) is 50.1 Å². The standard InChI is InChI=1S/C14H20FN3/c1-2-14(13-4-3-12(15)7-17-13)18-8-10-5-16-6-11(10)9-18/h3-4,7,10-11,14,16H,2,5-6,8-9H2,1H3/t10-,11+,14?. The molecule has 0 spiro atoms. The molecular weight excluding hydrogens is 229 g/mol. The number of halogens is 1. The maximum absolute atomic E-state index is 12.9. The van der Waals surface area contributed by atoms with Crippen LogP contribution < -0.4 is 5.32 Å². The molecule has 3 nitrogen and oxygen atoms in total. The van der Waals surface area contributed by atoms with Gasteiger partial charge in [-0.3, -0.25) is 9.88 Å². The highest BCUT2D eigenvalue weighted by molar-refractivity contribution is 5.11. The first kappa shape index (κ1) is 12.1. The topological polar surface area (TPSA) is 28.2 Å². The van der Waals surface area contributed by atoms with Gasteiger partial charge in [0, 0.05) is 13.1 Å². The second-order valence-corrected chi connectivity index (χ2v) is 5.46. The highest BCUT2D eigenvalue weighted by Gasteiger charge is 2.38. The van der Waals surface area contributed by atoms with Crippen LogP contribution in [-0.2, 0) is 0 Å². The number of pyridine rings is 1. The first-order chi connectivity index (χ1) is 8.78. The highest BCUT2D eigenvalue weighted by atomic mass is 19.1. The largest absolute Gasteiger partial charge is 0.316 e. The van der Waals surface area contributed by atoms with E-state index in [-0.39, 0.29) is 5.82 Å². The van der Waals surface area contributed by atoms with E-state index in [1.807, 2.05) is 6.07 Å². The minimum atomic E-state index is -0.254. The van der Waals surface area contributed by atoms with E-state index in [9.17, 15) is 4.39 Å². The molecule has 0 radical (unpaired) electrons. The van der Waals surface area contributed by atoms with Crippen molar-refractivity contribution in [1.82, 2.24) is 15.2 Å². The molecule has 2 saturated heterocycles. The van der Waals surface area contributed by atoms with Gasteiger partial charge in [-0.25, -0.2) is 4.39 Å². The van der Waals surface area contributed by atoms with Crippen molar-refractivity contribution < 1.29 is 4.39 Å². The van der Waals surface area contributed by atoms with Crippen LogP contribution in [0.1, 0.15) is 25.1 Å². The zero-order valence-electron chi connectivity index (χ0n) is 10.8. The summed E-state index contributed by atoms with van der Waals surface area (Å²) in [6.07, 6.45) is 2.36. The SMILES string of the molecule is CCC(c1ccc(F)cn1)N1C[C@H]2CNC[C@H]2C1. The number of nitrogens with zero attached hydrogens (tertiary/aromatic N) is 2. The summed E-state index contributed by atoms with van der Waals surface area (Å²) in [5.74, 6) is 1.33. The summed E-state index contributed by atoms with van der Waals surface area (Å²) < 4.78 is 12.9. The Morgan fingerprint density at radius 1 is 1.39 bits per heavy atom. The van der Waals surface area contributed by atoms with Gasteiger partial charge in [0.05, 0.1) is 17.9 Å². The van der Waals surface area contributed by atoms with E-state index >= 15 is 0 Å². The van der Waals surface area contributed by atoms with Crippen LogP contribution in [0.5, 0.6) is 0 Å². The van der Waals surface area contributed by atoms with Gasteiger partial charge in [-0.15, -0.1) is 0 Å². The van der Waals surface area contributed by atoms with Crippen molar-refractivity contribution >= 4 is 0 Å². The zero-order chi connectivity index (χ0) is 12.5.